The number of aromatic hydroxyl groups is 1. The highest BCUT2D eigenvalue weighted by molar-refractivity contribution is 6.35. The van der Waals surface area contributed by atoms with E-state index in [4.69, 9.17) is 21.1 Å². The van der Waals surface area contributed by atoms with Crippen LogP contribution in [0.2, 0.25) is 5.02 Å². The molecular formula is C20H17ClN2O4. The minimum Gasteiger partial charge on any atom is -0.508 e. The van der Waals surface area contributed by atoms with Crippen molar-refractivity contribution in [2.75, 3.05) is 24.7 Å². The standard InChI is InChI=1S/C20H17ClN2O4/c21-17-7-8-18(20-16(17)2-1-9-22-20)27-11-15-10-23(19(25)12-26-15)13-3-5-14(24)6-4-13/h1-9,15,24H,10-12H2/t15-/m0/s1. The lowest BCUT2D eigenvalue weighted by molar-refractivity contribution is -0.130. The number of anilines is 1. The van der Waals surface area contributed by atoms with Gasteiger partial charge in [-0.3, -0.25) is 9.78 Å². The Balaban J connectivity index is 1.48. The van der Waals surface area contributed by atoms with Gasteiger partial charge in [0.25, 0.3) is 5.91 Å². The molecule has 1 atom stereocenters. The molecule has 2 aromatic carbocycles. The minimum absolute atomic E-state index is 0.0193. The molecule has 1 aromatic heterocycles. The summed E-state index contributed by atoms with van der Waals surface area (Å²) < 4.78 is 11.5. The van der Waals surface area contributed by atoms with E-state index in [1.165, 1.54) is 0 Å². The number of fused-ring (bicyclic) bond motifs is 1. The van der Waals surface area contributed by atoms with E-state index in [1.807, 2.05) is 12.1 Å². The van der Waals surface area contributed by atoms with Crippen LogP contribution in [0.3, 0.4) is 0 Å². The fraction of sp³-hybridized carbons (Fsp3) is 0.200. The molecule has 0 spiro atoms. The molecular weight excluding hydrogens is 368 g/mol. The van der Waals surface area contributed by atoms with Crippen LogP contribution in [0.15, 0.2) is 54.7 Å². The molecule has 1 aliphatic heterocycles. The minimum atomic E-state index is -0.286. The molecule has 7 heteroatoms. The molecule has 1 N–H and O–H groups in total. The van der Waals surface area contributed by atoms with Crippen LogP contribution >= 0.6 is 11.6 Å². The number of halogens is 1. The van der Waals surface area contributed by atoms with Crippen LogP contribution in [0.5, 0.6) is 11.5 Å². The van der Waals surface area contributed by atoms with Crippen LogP contribution < -0.4 is 9.64 Å². The van der Waals surface area contributed by atoms with Gasteiger partial charge in [-0.25, -0.2) is 0 Å². The average Bonchev–Trinajstić information content (AvgIpc) is 2.69. The maximum Gasteiger partial charge on any atom is 0.253 e. The monoisotopic (exact) mass is 384 g/mol. The van der Waals surface area contributed by atoms with Crippen LogP contribution in [0.25, 0.3) is 10.9 Å². The van der Waals surface area contributed by atoms with E-state index in [1.54, 1.807) is 47.5 Å². The zero-order valence-electron chi connectivity index (χ0n) is 14.3. The number of carbonyl (C=O) groups excluding carboxylic acids is 1. The summed E-state index contributed by atoms with van der Waals surface area (Å²) >= 11 is 6.21. The first-order valence-corrected chi connectivity index (χ1v) is 8.86. The molecule has 2 heterocycles. The molecule has 1 fully saturated rings. The van der Waals surface area contributed by atoms with Gasteiger partial charge < -0.3 is 19.5 Å². The van der Waals surface area contributed by atoms with Crippen molar-refractivity contribution < 1.29 is 19.4 Å². The first-order valence-electron chi connectivity index (χ1n) is 8.49. The summed E-state index contributed by atoms with van der Waals surface area (Å²) in [5.74, 6) is 0.642. The van der Waals surface area contributed by atoms with Crippen molar-refractivity contribution in [2.24, 2.45) is 0 Å². The Morgan fingerprint density at radius 3 is 2.85 bits per heavy atom. The Hall–Kier alpha value is -2.83. The van der Waals surface area contributed by atoms with Gasteiger partial charge in [-0.1, -0.05) is 11.6 Å². The van der Waals surface area contributed by atoms with E-state index < -0.39 is 0 Å². The highest BCUT2D eigenvalue weighted by atomic mass is 35.5. The molecule has 1 amide bonds. The number of hydrogen-bond acceptors (Lipinski definition) is 5. The molecule has 0 bridgehead atoms. The summed E-state index contributed by atoms with van der Waals surface area (Å²) in [6.07, 6.45) is 1.40. The van der Waals surface area contributed by atoms with Gasteiger partial charge in [-0.2, -0.15) is 0 Å². The zero-order chi connectivity index (χ0) is 18.8. The lowest BCUT2D eigenvalue weighted by Gasteiger charge is -2.32. The van der Waals surface area contributed by atoms with Gasteiger partial charge in [0.15, 0.2) is 0 Å². The highest BCUT2D eigenvalue weighted by Crippen LogP contribution is 2.30. The van der Waals surface area contributed by atoms with Crippen LogP contribution in [-0.4, -0.2) is 41.9 Å². The number of ether oxygens (including phenoxy) is 2. The van der Waals surface area contributed by atoms with E-state index in [0.29, 0.717) is 28.5 Å². The van der Waals surface area contributed by atoms with Crippen molar-refractivity contribution in [3.63, 3.8) is 0 Å². The molecule has 0 unspecified atom stereocenters. The Morgan fingerprint density at radius 1 is 1.22 bits per heavy atom. The van der Waals surface area contributed by atoms with Crippen LogP contribution in [0, 0.1) is 0 Å². The largest absolute Gasteiger partial charge is 0.508 e. The molecule has 6 nitrogen and oxygen atoms in total. The van der Waals surface area contributed by atoms with Gasteiger partial charge in [0.1, 0.15) is 36.3 Å². The van der Waals surface area contributed by atoms with E-state index >= 15 is 0 Å². The molecule has 27 heavy (non-hydrogen) atoms. The summed E-state index contributed by atoms with van der Waals surface area (Å²) in [6, 6.07) is 13.8. The number of aromatic nitrogens is 1. The number of hydrogen-bond donors (Lipinski definition) is 1. The third-order valence-corrected chi connectivity index (χ3v) is 4.72. The van der Waals surface area contributed by atoms with Gasteiger partial charge in [0, 0.05) is 17.3 Å². The number of amides is 1. The van der Waals surface area contributed by atoms with E-state index in [0.717, 1.165) is 5.39 Å². The maximum atomic E-state index is 12.2. The predicted octanol–water partition coefficient (Wildman–Crippen LogP) is 3.40. The summed E-state index contributed by atoms with van der Waals surface area (Å²) in [5.41, 5.74) is 1.40. The zero-order valence-corrected chi connectivity index (χ0v) is 15.1. The molecule has 3 aromatic rings. The number of morpholine rings is 1. The number of pyridine rings is 1. The van der Waals surface area contributed by atoms with Crippen molar-refractivity contribution in [2.45, 2.75) is 6.10 Å². The molecule has 0 saturated carbocycles. The van der Waals surface area contributed by atoms with Crippen LogP contribution in [-0.2, 0) is 9.53 Å². The lowest BCUT2D eigenvalue weighted by Crippen LogP contribution is -2.48. The van der Waals surface area contributed by atoms with Crippen molar-refractivity contribution in [3.05, 3.63) is 59.8 Å². The number of phenolic OH excluding ortho intramolecular Hbond substituents is 1. The third kappa shape index (κ3) is 3.67. The van der Waals surface area contributed by atoms with E-state index in [-0.39, 0.29) is 31.0 Å². The smallest absolute Gasteiger partial charge is 0.253 e. The summed E-state index contributed by atoms with van der Waals surface area (Å²) in [4.78, 5) is 18.2. The predicted molar refractivity (Wildman–Crippen MR) is 102 cm³/mol. The second kappa shape index (κ2) is 7.42. The Morgan fingerprint density at radius 2 is 2.04 bits per heavy atom. The summed E-state index contributed by atoms with van der Waals surface area (Å²) in [7, 11) is 0. The average molecular weight is 385 g/mol. The van der Waals surface area contributed by atoms with Crippen LogP contribution in [0.4, 0.5) is 5.69 Å². The van der Waals surface area contributed by atoms with Gasteiger partial charge in [-0.05, 0) is 48.5 Å². The normalized spacial score (nSPS) is 17.3. The molecule has 1 saturated heterocycles. The molecule has 0 radical (unpaired) electrons. The van der Waals surface area contributed by atoms with Gasteiger partial charge in [-0.15, -0.1) is 0 Å². The van der Waals surface area contributed by atoms with Crippen molar-refractivity contribution in [1.29, 1.82) is 0 Å². The van der Waals surface area contributed by atoms with Gasteiger partial charge >= 0.3 is 0 Å². The third-order valence-electron chi connectivity index (χ3n) is 4.40. The summed E-state index contributed by atoms with van der Waals surface area (Å²) in [6.45, 7) is 0.617. The number of benzene rings is 2. The second-order valence-corrected chi connectivity index (χ2v) is 6.62. The van der Waals surface area contributed by atoms with E-state index in [2.05, 4.69) is 4.98 Å². The first kappa shape index (κ1) is 17.6. The fourth-order valence-electron chi connectivity index (χ4n) is 3.02. The number of rotatable bonds is 4. The Kier molecular flexibility index (Phi) is 4.83. The van der Waals surface area contributed by atoms with Gasteiger partial charge in [0.05, 0.1) is 11.6 Å². The fourth-order valence-corrected chi connectivity index (χ4v) is 3.23. The van der Waals surface area contributed by atoms with E-state index in [9.17, 15) is 9.90 Å². The Labute approximate surface area is 160 Å². The number of phenols is 1. The molecule has 4 rings (SSSR count). The van der Waals surface area contributed by atoms with Crippen molar-refractivity contribution >= 4 is 34.1 Å². The number of nitrogens with zero attached hydrogens (tertiary/aromatic N) is 2. The second-order valence-electron chi connectivity index (χ2n) is 6.21. The first-order chi connectivity index (χ1) is 13.1. The Bertz CT molecular complexity index is 977. The molecule has 138 valence electrons. The van der Waals surface area contributed by atoms with Gasteiger partial charge in [0.2, 0.25) is 0 Å². The molecule has 0 aliphatic carbocycles. The highest BCUT2D eigenvalue weighted by Gasteiger charge is 2.28. The quantitative estimate of drug-likeness (QED) is 0.746. The lowest BCUT2D eigenvalue weighted by atomic mass is 10.2. The topological polar surface area (TPSA) is 71.9 Å². The SMILES string of the molecule is O=C1CO[C@H](COc2ccc(Cl)c3cccnc23)CN1c1ccc(O)cc1. The van der Waals surface area contributed by atoms with Crippen molar-refractivity contribution in [1.82, 2.24) is 4.98 Å². The number of carbonyl (C=O) groups is 1. The maximum absolute atomic E-state index is 12.2. The molecule has 1 aliphatic rings. The van der Waals surface area contributed by atoms with Crippen LogP contribution in [0.1, 0.15) is 0 Å². The van der Waals surface area contributed by atoms with Crippen molar-refractivity contribution in [3.8, 4) is 11.5 Å². The summed E-state index contributed by atoms with van der Waals surface area (Å²) in [5, 5.41) is 10.9.